The summed E-state index contributed by atoms with van der Waals surface area (Å²) in [6.07, 6.45) is 0.193. The Morgan fingerprint density at radius 2 is 1.11 bits per heavy atom. The maximum atomic E-state index is 11.0. The second-order valence-corrected chi connectivity index (χ2v) is 12.1. The predicted molar refractivity (Wildman–Crippen MR) is 178 cm³/mol. The number of carboxylic acid groups (broad SMARTS) is 1. The van der Waals surface area contributed by atoms with Gasteiger partial charge in [-0.25, -0.2) is 9.79 Å². The number of hydrogen-bond donors (Lipinski definition) is 6. The minimum absolute atomic E-state index is 0. The van der Waals surface area contributed by atoms with E-state index >= 15 is 0 Å². The van der Waals surface area contributed by atoms with Gasteiger partial charge in [0.1, 0.15) is 19.4 Å². The van der Waals surface area contributed by atoms with Crippen LogP contribution in [-0.2, 0) is 53.1 Å². The standard InChI is InChI=1S/C10H14NO5P.C4H10.CH5O3P.H3N14P.HN14.Y/c1-17(14,15)16-8-4-2-7(3-5-8)6-9(11)10(12)13;1-4(2)3;1-5(2,3)4;1-2-3-4-5-6-7-8-9-10-11-12-13-14-15;1-3-5-7-9-11-13-14-12-10-8-6-4-2;/h2-5,9H,6,11H2,1H3,(H,12,13)(H,14,15);4H,1-3H3;1H3,(H2,2,3,4);15H,(H2,1,3,5,7,9,11,13);1H;/q;;;;-1;/p-1/b;;;;3-1?,7-5+,8-6+,11-9+,12-10+,14-13+;. The van der Waals surface area contributed by atoms with Crippen LogP contribution in [0.15, 0.2) is 154 Å². The monoisotopic (exact) mass is 928 g/mol. The van der Waals surface area contributed by atoms with Crippen molar-refractivity contribution in [3.63, 3.8) is 0 Å². The van der Waals surface area contributed by atoms with Gasteiger partial charge in [-0.15, -0.1) is 10.1 Å². The smallest absolute Gasteiger partial charge is 0.373 e. The van der Waals surface area contributed by atoms with E-state index in [-0.39, 0.29) is 44.9 Å². The molecule has 1 rings (SSSR count). The fraction of sp³-hybridized carbons (Fsp3) is 0.533. The minimum Gasteiger partial charge on any atom is -0.779 e. The van der Waals surface area contributed by atoms with Gasteiger partial charge in [0.25, 0.3) is 0 Å². The van der Waals surface area contributed by atoms with Gasteiger partial charge < -0.3 is 46.0 Å². The molecule has 0 bridgehead atoms. The molecule has 3 atom stereocenters. The summed E-state index contributed by atoms with van der Waals surface area (Å²) in [7, 11) is -4.81. The number of aliphatic carboxylic acids is 1. The van der Waals surface area contributed by atoms with Crippen molar-refractivity contribution < 1.29 is 70.9 Å². The second-order valence-electron chi connectivity index (χ2n) is 8.51. The summed E-state index contributed by atoms with van der Waals surface area (Å²) in [6.45, 7) is 8.33. The van der Waals surface area contributed by atoms with E-state index in [4.69, 9.17) is 36.2 Å². The number of carboxylic acids is 1. The van der Waals surface area contributed by atoms with Crippen molar-refractivity contribution in [1.82, 2.24) is 0 Å². The zero-order valence-corrected chi connectivity index (χ0v) is 34.9. The van der Waals surface area contributed by atoms with E-state index < -0.39 is 27.2 Å². The molecule has 305 valence electrons. The molecule has 1 radical (unpaired) electrons. The molecular weight excluding hydrogens is 896 g/mol. The van der Waals surface area contributed by atoms with Gasteiger partial charge in [-0.2, -0.15) is 5.53 Å². The maximum Gasteiger partial charge on any atom is 0.373 e. The van der Waals surface area contributed by atoms with Crippen LogP contribution in [0.2, 0.25) is 0 Å². The molecule has 0 fully saturated rings. The predicted octanol–water partition coefficient (Wildman–Crippen LogP) is 6.84. The molecule has 0 spiro atoms. The fourth-order valence-corrected chi connectivity index (χ4v) is 2.16. The van der Waals surface area contributed by atoms with Crippen LogP contribution in [0.25, 0.3) is 5.53 Å². The van der Waals surface area contributed by atoms with E-state index in [1.807, 2.05) is 0 Å². The summed E-state index contributed by atoms with van der Waals surface area (Å²) in [5, 5.41) is 77.3. The van der Waals surface area contributed by atoms with Gasteiger partial charge in [0.2, 0.25) is 0 Å². The van der Waals surface area contributed by atoms with E-state index in [2.05, 4.69) is 166 Å². The number of nitrogens with one attached hydrogen (secondary N) is 1. The van der Waals surface area contributed by atoms with Crippen molar-refractivity contribution in [2.24, 2.45) is 148 Å². The summed E-state index contributed by atoms with van der Waals surface area (Å²) in [6, 6.07) is 5.24. The number of nitrogens with two attached hydrogens (primary N) is 2. The van der Waals surface area contributed by atoms with E-state index in [1.165, 1.54) is 12.1 Å². The Balaban J connectivity index is -0.000000208. The maximum absolute atomic E-state index is 11.0. The first-order valence-electron chi connectivity index (χ1n) is 13.1. The average molecular weight is 928 g/mol. The zero-order chi connectivity index (χ0) is 42.8. The molecule has 0 aliphatic heterocycles. The van der Waals surface area contributed by atoms with Crippen LogP contribution in [0.3, 0.4) is 0 Å². The molecule has 0 aliphatic carbocycles. The van der Waals surface area contributed by atoms with Crippen LogP contribution in [0, 0.1) is 11.4 Å². The van der Waals surface area contributed by atoms with Gasteiger partial charge in [-0.05, 0) is 134 Å². The van der Waals surface area contributed by atoms with Crippen LogP contribution in [-0.4, -0.2) is 40.2 Å². The van der Waals surface area contributed by atoms with E-state index in [0.29, 0.717) is 0 Å². The second kappa shape index (κ2) is 42.3. The van der Waals surface area contributed by atoms with Crippen LogP contribution in [0.4, 0.5) is 0 Å². The van der Waals surface area contributed by atoms with Crippen LogP contribution in [0.1, 0.15) is 26.3 Å². The van der Waals surface area contributed by atoms with Crippen LogP contribution < -0.4 is 21.0 Å². The first-order valence-corrected chi connectivity index (χ1v) is 17.6. The normalized spacial score (nSPS) is 14.2. The number of rotatable bonds is 17. The Morgan fingerprint density at radius 1 is 0.786 bits per heavy atom. The van der Waals surface area contributed by atoms with Gasteiger partial charge in [0.05, 0.1) is 0 Å². The molecule has 1 aromatic carbocycles. The van der Waals surface area contributed by atoms with Crippen molar-refractivity contribution in [2.45, 2.75) is 33.2 Å². The van der Waals surface area contributed by atoms with Crippen molar-refractivity contribution in [1.29, 1.82) is 5.53 Å². The van der Waals surface area contributed by atoms with Crippen molar-refractivity contribution in [3.8, 4) is 5.75 Å². The van der Waals surface area contributed by atoms with Gasteiger partial charge in [0.15, 0.2) is 0 Å². The average Bonchev–Trinajstić information content (AvgIpc) is 3.08. The zero-order valence-electron chi connectivity index (χ0n) is 29.3. The Kier molecular flexibility index (Phi) is 45.3. The van der Waals surface area contributed by atoms with E-state index in [9.17, 15) is 18.8 Å². The number of hydrogen-bond acceptors (Lipinski definition) is 8. The van der Waals surface area contributed by atoms with Crippen molar-refractivity contribution in [2.75, 3.05) is 13.3 Å². The first-order chi connectivity index (χ1) is 25.8. The third kappa shape index (κ3) is 66.8. The Bertz CT molecular complexity index is 1600. The fourth-order valence-electron chi connectivity index (χ4n) is 1.61. The summed E-state index contributed by atoms with van der Waals surface area (Å²) in [4.78, 5) is 39.3. The van der Waals surface area contributed by atoms with Gasteiger partial charge >= 0.3 is 13.6 Å². The van der Waals surface area contributed by atoms with Crippen LogP contribution >= 0.6 is 24.2 Å². The topological polar surface area (TPSA) is 551 Å². The third-order valence-corrected chi connectivity index (χ3v) is 3.55. The summed E-state index contributed by atoms with van der Waals surface area (Å²) in [5.74, 6) is 4.60. The molecule has 37 nitrogen and oxygen atoms in total. The Hall–Kier alpha value is -5.41. The summed E-state index contributed by atoms with van der Waals surface area (Å²) >= 11 is 0. The number of benzene rings is 1. The molecule has 8 N–H and O–H groups in total. The largest absolute Gasteiger partial charge is 0.779 e. The molecule has 3 unspecified atom stereocenters. The quantitative estimate of drug-likeness (QED) is 0.0409. The van der Waals surface area contributed by atoms with Gasteiger partial charge in [0, 0.05) is 55.1 Å². The molecule has 0 aliphatic rings. The molecule has 41 heteroatoms. The molecule has 0 saturated heterocycles. The molecule has 56 heavy (non-hydrogen) atoms. The molecule has 1 aromatic rings. The molecule has 0 aromatic heterocycles. The Labute approximate surface area is 340 Å². The SMILES string of the molecule is CC(C)C.CP(=O)(O)Oc1ccc(CC(N)C(=O)O)cc1.CP(=O)([O-])O.NN=NN=NN=NN=NN=NN=NN=P.[N-]=N/N=N/N=N/N=N/N=N/N=N/N=N.[Y]. The Morgan fingerprint density at radius 3 is 1.39 bits per heavy atom. The van der Waals surface area contributed by atoms with Crippen molar-refractivity contribution in [3.05, 3.63) is 35.4 Å². The van der Waals surface area contributed by atoms with Gasteiger partial charge in [-0.1, -0.05) is 38.1 Å². The third-order valence-electron chi connectivity index (χ3n) is 2.91. The van der Waals surface area contributed by atoms with Crippen LogP contribution in [0.5, 0.6) is 5.75 Å². The molecule has 0 amide bonds. The molecule has 0 saturated carbocycles. The number of nitrogens with zero attached hydrogens (tertiary/aromatic N) is 26. The first kappa shape index (κ1) is 59.9. The number of carbonyl (C=O) groups is 1. The van der Waals surface area contributed by atoms with Crippen molar-refractivity contribution >= 4 is 30.2 Å². The summed E-state index contributed by atoms with van der Waals surface area (Å²) in [5.41, 5.74) is 19.9. The molecular formula is C15H32N29O8P3Y-2. The molecule has 0 heterocycles. The van der Waals surface area contributed by atoms with E-state index in [1.54, 1.807) is 12.1 Å². The van der Waals surface area contributed by atoms with Gasteiger partial charge in [-0.3, -0.25) is 10.0 Å². The van der Waals surface area contributed by atoms with E-state index in [0.717, 1.165) is 24.8 Å². The summed E-state index contributed by atoms with van der Waals surface area (Å²) < 4.78 is 25.0. The minimum atomic E-state index is -3.89.